The van der Waals surface area contributed by atoms with E-state index in [4.69, 9.17) is 0 Å². The van der Waals surface area contributed by atoms with Crippen LogP contribution < -0.4 is 5.43 Å². The maximum Gasteiger partial charge on any atom is 0.242 e. The Hall–Kier alpha value is -2.55. The summed E-state index contributed by atoms with van der Waals surface area (Å²) < 4.78 is 25.5. The number of anilines is 1. The number of sulfonamides is 1. The van der Waals surface area contributed by atoms with Crippen molar-refractivity contribution in [3.8, 4) is 11.3 Å². The monoisotopic (exact) mass is 442 g/mol. The molecule has 3 aromatic rings. The summed E-state index contributed by atoms with van der Waals surface area (Å²) in [6.07, 6.45) is 1.76. The quantitative estimate of drug-likeness (QED) is 0.439. The van der Waals surface area contributed by atoms with Gasteiger partial charge in [-0.25, -0.2) is 17.7 Å². The van der Waals surface area contributed by atoms with Crippen molar-refractivity contribution in [3.63, 3.8) is 0 Å². The third-order valence-electron chi connectivity index (χ3n) is 4.58. The summed E-state index contributed by atoms with van der Waals surface area (Å²) in [5, 5.41) is 6.84. The molecule has 1 aromatic heterocycles. The molecule has 1 heterocycles. The third kappa shape index (κ3) is 5.13. The molecule has 0 fully saturated rings. The number of hydrogen-bond acceptors (Lipinski definition) is 6. The standard InChI is InChI=1S/C22H26N4O2S2/c1-22(2,3)18-10-6-16(7-11-18)14-23-25-21-24-20(15-29-21)17-8-12-19(13-9-17)30(27,28)26(4)5/h6-15H,1-5H3,(H,24,25). The highest BCUT2D eigenvalue weighted by molar-refractivity contribution is 7.89. The Morgan fingerprint density at radius 3 is 2.23 bits per heavy atom. The first-order valence-electron chi connectivity index (χ1n) is 9.45. The highest BCUT2D eigenvalue weighted by atomic mass is 32.2. The zero-order valence-corrected chi connectivity index (χ0v) is 19.4. The highest BCUT2D eigenvalue weighted by Gasteiger charge is 2.17. The SMILES string of the molecule is CN(C)S(=O)(=O)c1ccc(-c2csc(NN=Cc3ccc(C(C)(C)C)cc3)n2)cc1. The lowest BCUT2D eigenvalue weighted by Gasteiger charge is -2.18. The van der Waals surface area contributed by atoms with E-state index >= 15 is 0 Å². The second kappa shape index (κ2) is 8.67. The number of aromatic nitrogens is 1. The van der Waals surface area contributed by atoms with E-state index in [9.17, 15) is 8.42 Å². The van der Waals surface area contributed by atoms with Gasteiger partial charge in [0, 0.05) is 25.0 Å². The van der Waals surface area contributed by atoms with Crippen molar-refractivity contribution in [1.29, 1.82) is 0 Å². The molecule has 0 bridgehead atoms. The summed E-state index contributed by atoms with van der Waals surface area (Å²) in [5.74, 6) is 0. The zero-order chi connectivity index (χ0) is 21.9. The van der Waals surface area contributed by atoms with Crippen LogP contribution >= 0.6 is 11.3 Å². The van der Waals surface area contributed by atoms with Gasteiger partial charge in [-0.15, -0.1) is 11.3 Å². The van der Waals surface area contributed by atoms with E-state index in [-0.39, 0.29) is 10.3 Å². The topological polar surface area (TPSA) is 74.7 Å². The van der Waals surface area contributed by atoms with Crippen LogP contribution in [0.4, 0.5) is 5.13 Å². The molecule has 0 aliphatic rings. The van der Waals surface area contributed by atoms with Crippen LogP contribution in [0.1, 0.15) is 31.9 Å². The predicted octanol–water partition coefficient (Wildman–Crippen LogP) is 4.80. The van der Waals surface area contributed by atoms with Crippen molar-refractivity contribution >= 4 is 32.7 Å². The fourth-order valence-electron chi connectivity index (χ4n) is 2.70. The first-order chi connectivity index (χ1) is 14.1. The zero-order valence-electron chi connectivity index (χ0n) is 17.7. The van der Waals surface area contributed by atoms with E-state index in [1.807, 2.05) is 17.5 Å². The fourth-order valence-corrected chi connectivity index (χ4v) is 4.27. The average Bonchev–Trinajstić information content (AvgIpc) is 3.16. The molecule has 0 saturated heterocycles. The maximum atomic E-state index is 12.2. The van der Waals surface area contributed by atoms with Gasteiger partial charge in [-0.05, 0) is 28.7 Å². The predicted molar refractivity (Wildman–Crippen MR) is 125 cm³/mol. The number of thiazole rings is 1. The minimum absolute atomic E-state index is 0.125. The van der Waals surface area contributed by atoms with Crippen LogP contribution in [0.15, 0.2) is 63.9 Å². The Morgan fingerprint density at radius 2 is 1.67 bits per heavy atom. The van der Waals surface area contributed by atoms with Crippen molar-refractivity contribution in [2.24, 2.45) is 5.10 Å². The molecule has 0 unspecified atom stereocenters. The average molecular weight is 443 g/mol. The van der Waals surface area contributed by atoms with E-state index in [0.717, 1.165) is 16.8 Å². The molecule has 3 rings (SSSR count). The van der Waals surface area contributed by atoms with Crippen molar-refractivity contribution < 1.29 is 8.42 Å². The van der Waals surface area contributed by atoms with Crippen LogP contribution in [0.25, 0.3) is 11.3 Å². The van der Waals surface area contributed by atoms with Gasteiger partial charge in [-0.1, -0.05) is 57.2 Å². The van der Waals surface area contributed by atoms with Crippen LogP contribution in [0.2, 0.25) is 0 Å². The molecule has 6 nitrogen and oxygen atoms in total. The van der Waals surface area contributed by atoms with Crippen LogP contribution in [0.5, 0.6) is 0 Å². The summed E-state index contributed by atoms with van der Waals surface area (Å²) >= 11 is 1.44. The first-order valence-corrected chi connectivity index (χ1v) is 11.8. The molecule has 1 N–H and O–H groups in total. The van der Waals surface area contributed by atoms with Gasteiger partial charge in [0.2, 0.25) is 15.2 Å². The van der Waals surface area contributed by atoms with Gasteiger partial charge >= 0.3 is 0 Å². The molecule has 0 aliphatic heterocycles. The maximum absolute atomic E-state index is 12.2. The molecule has 0 spiro atoms. The largest absolute Gasteiger partial charge is 0.253 e. The second-order valence-corrected chi connectivity index (χ2v) is 11.1. The van der Waals surface area contributed by atoms with E-state index in [2.05, 4.69) is 48.4 Å². The van der Waals surface area contributed by atoms with E-state index in [1.54, 1.807) is 30.5 Å². The molecule has 0 aliphatic carbocycles. The van der Waals surface area contributed by atoms with Crippen LogP contribution in [0, 0.1) is 0 Å². The van der Waals surface area contributed by atoms with Crippen molar-refractivity contribution in [2.75, 3.05) is 19.5 Å². The van der Waals surface area contributed by atoms with Crippen molar-refractivity contribution in [3.05, 3.63) is 65.0 Å². The van der Waals surface area contributed by atoms with Gasteiger partial charge in [-0.3, -0.25) is 5.43 Å². The smallest absolute Gasteiger partial charge is 0.242 e. The molecule has 0 radical (unpaired) electrons. The summed E-state index contributed by atoms with van der Waals surface area (Å²) in [5.41, 5.74) is 6.97. The normalized spacial score (nSPS) is 12.6. The van der Waals surface area contributed by atoms with Crippen LogP contribution in [0.3, 0.4) is 0 Å². The number of hydrazone groups is 1. The van der Waals surface area contributed by atoms with Gasteiger partial charge in [0.1, 0.15) is 0 Å². The van der Waals surface area contributed by atoms with Gasteiger partial charge in [0.25, 0.3) is 0 Å². The molecule has 0 saturated carbocycles. The minimum Gasteiger partial charge on any atom is -0.253 e. The second-order valence-electron chi connectivity index (χ2n) is 8.09. The number of benzene rings is 2. The van der Waals surface area contributed by atoms with E-state index < -0.39 is 10.0 Å². The number of hydrogen-bond donors (Lipinski definition) is 1. The Bertz CT molecular complexity index is 1130. The van der Waals surface area contributed by atoms with E-state index in [1.165, 1.54) is 35.3 Å². The molecule has 0 amide bonds. The Kier molecular flexibility index (Phi) is 6.40. The Morgan fingerprint density at radius 1 is 1.03 bits per heavy atom. The molecular formula is C22H26N4O2S2. The van der Waals surface area contributed by atoms with Crippen molar-refractivity contribution in [1.82, 2.24) is 9.29 Å². The van der Waals surface area contributed by atoms with Crippen LogP contribution in [-0.4, -0.2) is 38.0 Å². The molecular weight excluding hydrogens is 416 g/mol. The lowest BCUT2D eigenvalue weighted by Crippen LogP contribution is -2.22. The van der Waals surface area contributed by atoms with Crippen LogP contribution in [-0.2, 0) is 15.4 Å². The fraction of sp³-hybridized carbons (Fsp3) is 0.273. The molecule has 8 heteroatoms. The highest BCUT2D eigenvalue weighted by Crippen LogP contribution is 2.26. The minimum atomic E-state index is -3.44. The first kappa shape index (κ1) is 22.1. The number of nitrogens with one attached hydrogen (secondary N) is 1. The lowest BCUT2D eigenvalue weighted by molar-refractivity contribution is 0.521. The molecule has 2 aromatic carbocycles. The lowest BCUT2D eigenvalue weighted by atomic mass is 9.87. The molecule has 30 heavy (non-hydrogen) atoms. The molecule has 0 atom stereocenters. The summed E-state index contributed by atoms with van der Waals surface area (Å²) in [6.45, 7) is 6.56. The van der Waals surface area contributed by atoms with Gasteiger partial charge in [0.15, 0.2) is 0 Å². The van der Waals surface area contributed by atoms with E-state index in [0.29, 0.717) is 5.13 Å². The summed E-state index contributed by atoms with van der Waals surface area (Å²) in [6, 6.07) is 15.0. The third-order valence-corrected chi connectivity index (χ3v) is 7.16. The number of rotatable bonds is 6. The van der Waals surface area contributed by atoms with Gasteiger partial charge < -0.3 is 0 Å². The van der Waals surface area contributed by atoms with Gasteiger partial charge in [-0.2, -0.15) is 5.10 Å². The summed E-state index contributed by atoms with van der Waals surface area (Å²) in [4.78, 5) is 4.78. The Balaban J connectivity index is 1.66. The van der Waals surface area contributed by atoms with Crippen molar-refractivity contribution in [2.45, 2.75) is 31.1 Å². The summed E-state index contributed by atoms with van der Waals surface area (Å²) in [7, 11) is -0.406. The Labute approximate surface area is 182 Å². The van der Waals surface area contributed by atoms with Gasteiger partial charge in [0.05, 0.1) is 16.8 Å². The molecule has 158 valence electrons. The number of nitrogens with zero attached hydrogens (tertiary/aromatic N) is 3.